The van der Waals surface area contributed by atoms with Gasteiger partial charge in [-0.1, -0.05) is 0 Å². The van der Waals surface area contributed by atoms with Crippen molar-refractivity contribution >= 4 is 17.5 Å². The molecule has 1 aliphatic heterocycles. The molecule has 1 unspecified atom stereocenters. The van der Waals surface area contributed by atoms with E-state index < -0.39 is 0 Å². The summed E-state index contributed by atoms with van der Waals surface area (Å²) in [5.41, 5.74) is 0. The van der Waals surface area contributed by atoms with Crippen molar-refractivity contribution in [1.82, 2.24) is 34.6 Å². The molecule has 1 fully saturated rings. The highest BCUT2D eigenvalue weighted by Crippen LogP contribution is 2.20. The topological polar surface area (TPSA) is 75.9 Å². The van der Waals surface area contributed by atoms with Crippen molar-refractivity contribution in [3.05, 3.63) is 17.9 Å². The Morgan fingerprint density at radius 3 is 2.70 bits per heavy atom. The van der Waals surface area contributed by atoms with Gasteiger partial charge in [-0.3, -0.25) is 0 Å². The van der Waals surface area contributed by atoms with Crippen LogP contribution in [0.3, 0.4) is 0 Å². The van der Waals surface area contributed by atoms with Crippen molar-refractivity contribution in [1.29, 1.82) is 0 Å². The highest BCUT2D eigenvalue weighted by atomic mass is 35.5. The number of hydrogen-bond donors (Lipinski definition) is 0. The summed E-state index contributed by atoms with van der Waals surface area (Å²) in [4.78, 5) is 20.9. The van der Waals surface area contributed by atoms with E-state index in [4.69, 9.17) is 11.6 Å². The van der Waals surface area contributed by atoms with Gasteiger partial charge in [0, 0.05) is 19.1 Å². The zero-order valence-corrected chi connectivity index (χ0v) is 12.1. The molecule has 0 amide bonds. The zero-order valence-electron chi connectivity index (χ0n) is 11.3. The fourth-order valence-corrected chi connectivity index (χ4v) is 2.38. The van der Waals surface area contributed by atoms with Gasteiger partial charge in [0.2, 0.25) is 11.2 Å². The SMILES string of the molecule is CN(C)C1CCN(c2nc(Cl)nc(-n3cncn3)n2)C1. The predicted molar refractivity (Wildman–Crippen MR) is 74.1 cm³/mol. The summed E-state index contributed by atoms with van der Waals surface area (Å²) < 4.78 is 1.47. The van der Waals surface area contributed by atoms with Gasteiger partial charge in [-0.15, -0.1) is 0 Å². The third-order valence-electron chi connectivity index (χ3n) is 3.38. The number of nitrogens with zero attached hydrogens (tertiary/aromatic N) is 8. The maximum atomic E-state index is 5.98. The molecule has 0 aliphatic carbocycles. The van der Waals surface area contributed by atoms with Crippen LogP contribution in [0.4, 0.5) is 5.95 Å². The highest BCUT2D eigenvalue weighted by molar-refractivity contribution is 6.28. The number of aromatic nitrogens is 6. The summed E-state index contributed by atoms with van der Waals surface area (Å²) in [6.45, 7) is 1.78. The molecule has 3 heterocycles. The molecular weight excluding hydrogens is 280 g/mol. The minimum absolute atomic E-state index is 0.161. The van der Waals surface area contributed by atoms with Crippen molar-refractivity contribution in [3.8, 4) is 5.95 Å². The number of likely N-dealkylation sites (N-methyl/N-ethyl adjacent to an activating group) is 1. The highest BCUT2D eigenvalue weighted by Gasteiger charge is 2.26. The Morgan fingerprint density at radius 1 is 1.25 bits per heavy atom. The van der Waals surface area contributed by atoms with E-state index in [2.05, 4.69) is 48.9 Å². The Kier molecular flexibility index (Phi) is 3.49. The lowest BCUT2D eigenvalue weighted by atomic mass is 10.2. The second-order valence-electron chi connectivity index (χ2n) is 4.90. The van der Waals surface area contributed by atoms with E-state index in [9.17, 15) is 0 Å². The molecule has 1 saturated heterocycles. The molecule has 20 heavy (non-hydrogen) atoms. The van der Waals surface area contributed by atoms with E-state index in [1.807, 2.05) is 0 Å². The monoisotopic (exact) mass is 294 g/mol. The van der Waals surface area contributed by atoms with Gasteiger partial charge in [0.05, 0.1) is 0 Å². The molecule has 3 rings (SSSR count). The van der Waals surface area contributed by atoms with Crippen LogP contribution in [0, 0.1) is 0 Å². The molecule has 9 heteroatoms. The van der Waals surface area contributed by atoms with Crippen LogP contribution < -0.4 is 4.90 Å². The van der Waals surface area contributed by atoms with Crippen LogP contribution in [0.2, 0.25) is 5.28 Å². The molecule has 0 saturated carbocycles. The second-order valence-corrected chi connectivity index (χ2v) is 5.23. The van der Waals surface area contributed by atoms with Crippen molar-refractivity contribution in [2.75, 3.05) is 32.1 Å². The van der Waals surface area contributed by atoms with Crippen LogP contribution in [0.5, 0.6) is 0 Å². The van der Waals surface area contributed by atoms with E-state index in [-0.39, 0.29) is 5.28 Å². The molecule has 2 aromatic rings. The molecule has 1 aliphatic rings. The molecule has 0 radical (unpaired) electrons. The maximum absolute atomic E-state index is 5.98. The maximum Gasteiger partial charge on any atom is 0.258 e. The molecule has 106 valence electrons. The Morgan fingerprint density at radius 2 is 2.05 bits per heavy atom. The summed E-state index contributed by atoms with van der Waals surface area (Å²) in [5, 5.41) is 4.17. The van der Waals surface area contributed by atoms with Gasteiger partial charge >= 0.3 is 0 Å². The van der Waals surface area contributed by atoms with Gasteiger partial charge in [0.1, 0.15) is 12.7 Å². The minimum Gasteiger partial charge on any atom is -0.339 e. The molecule has 1 atom stereocenters. The lowest BCUT2D eigenvalue weighted by Crippen LogP contribution is -2.32. The molecule has 0 bridgehead atoms. The smallest absolute Gasteiger partial charge is 0.258 e. The average Bonchev–Trinajstić information content (AvgIpc) is 3.10. The molecular formula is C11H15ClN8. The van der Waals surface area contributed by atoms with E-state index in [0.717, 1.165) is 19.5 Å². The van der Waals surface area contributed by atoms with E-state index in [0.29, 0.717) is 17.9 Å². The standard InChI is InChI=1S/C11H15ClN8/c1-18(2)8-3-4-19(5-8)10-15-9(12)16-11(17-10)20-7-13-6-14-20/h6-8H,3-5H2,1-2H3. The van der Waals surface area contributed by atoms with Crippen LogP contribution in [0.15, 0.2) is 12.7 Å². The third kappa shape index (κ3) is 2.56. The quantitative estimate of drug-likeness (QED) is 0.803. The number of anilines is 1. The Bertz CT molecular complexity index is 584. The van der Waals surface area contributed by atoms with E-state index >= 15 is 0 Å². The van der Waals surface area contributed by atoms with E-state index in [1.165, 1.54) is 17.3 Å². The van der Waals surface area contributed by atoms with E-state index in [1.54, 1.807) is 0 Å². The normalized spacial score (nSPS) is 19.0. The third-order valence-corrected chi connectivity index (χ3v) is 3.55. The van der Waals surface area contributed by atoms with Crippen LogP contribution in [0.1, 0.15) is 6.42 Å². The zero-order chi connectivity index (χ0) is 14.1. The predicted octanol–water partition coefficient (Wildman–Crippen LogP) is 0.246. The number of rotatable bonds is 3. The van der Waals surface area contributed by atoms with Crippen molar-refractivity contribution in [2.45, 2.75) is 12.5 Å². The van der Waals surface area contributed by atoms with Crippen molar-refractivity contribution in [3.63, 3.8) is 0 Å². The van der Waals surface area contributed by atoms with Crippen LogP contribution in [-0.2, 0) is 0 Å². The van der Waals surface area contributed by atoms with Crippen LogP contribution >= 0.6 is 11.6 Å². The summed E-state index contributed by atoms with van der Waals surface area (Å²) in [5.74, 6) is 0.964. The summed E-state index contributed by atoms with van der Waals surface area (Å²) in [7, 11) is 4.16. The Hall–Kier alpha value is -1.80. The fraction of sp³-hybridized carbons (Fsp3) is 0.545. The molecule has 8 nitrogen and oxygen atoms in total. The Labute approximate surface area is 121 Å². The van der Waals surface area contributed by atoms with Gasteiger partial charge in [0.15, 0.2) is 0 Å². The van der Waals surface area contributed by atoms with Crippen LogP contribution in [-0.4, -0.2) is 67.8 Å². The molecule has 0 spiro atoms. The number of hydrogen-bond acceptors (Lipinski definition) is 7. The fourth-order valence-electron chi connectivity index (χ4n) is 2.23. The summed E-state index contributed by atoms with van der Waals surface area (Å²) >= 11 is 5.98. The van der Waals surface area contributed by atoms with Gasteiger partial charge in [-0.2, -0.15) is 24.7 Å². The summed E-state index contributed by atoms with van der Waals surface area (Å²) in [6.07, 6.45) is 4.03. The van der Waals surface area contributed by atoms with Gasteiger partial charge < -0.3 is 9.80 Å². The lowest BCUT2D eigenvalue weighted by molar-refractivity contribution is 0.315. The first-order valence-corrected chi connectivity index (χ1v) is 6.69. The van der Waals surface area contributed by atoms with Crippen molar-refractivity contribution < 1.29 is 0 Å². The first kappa shape index (κ1) is 13.2. The van der Waals surface area contributed by atoms with Crippen molar-refractivity contribution in [2.24, 2.45) is 0 Å². The molecule has 0 aromatic carbocycles. The van der Waals surface area contributed by atoms with Gasteiger partial charge in [0.25, 0.3) is 5.95 Å². The number of halogens is 1. The van der Waals surface area contributed by atoms with Gasteiger partial charge in [-0.05, 0) is 32.1 Å². The second kappa shape index (κ2) is 5.29. The first-order valence-electron chi connectivity index (χ1n) is 6.31. The van der Waals surface area contributed by atoms with Gasteiger partial charge in [-0.25, -0.2) is 4.98 Å². The largest absolute Gasteiger partial charge is 0.339 e. The average molecular weight is 295 g/mol. The molecule has 0 N–H and O–H groups in total. The first-order chi connectivity index (χ1) is 9.63. The summed E-state index contributed by atoms with van der Waals surface area (Å²) in [6, 6.07) is 0.500. The minimum atomic E-state index is 0.161. The molecule has 2 aromatic heterocycles. The van der Waals surface area contributed by atoms with Crippen LogP contribution in [0.25, 0.3) is 5.95 Å². The lowest BCUT2D eigenvalue weighted by Gasteiger charge is -2.20. The Balaban J connectivity index is 1.87.